The quantitative estimate of drug-likeness (QED) is 0.619. The summed E-state index contributed by atoms with van der Waals surface area (Å²) in [5, 5.41) is 22.4. The fraction of sp³-hybridized carbons (Fsp3) is 0.462. The Hall–Kier alpha value is -1.99. The Morgan fingerprint density at radius 1 is 1.45 bits per heavy atom. The predicted molar refractivity (Wildman–Crippen MR) is 73.4 cm³/mol. The average Bonchev–Trinajstić information content (AvgIpc) is 2.86. The van der Waals surface area contributed by atoms with Crippen molar-refractivity contribution >= 4 is 17.3 Å². The molecule has 1 heterocycles. The van der Waals surface area contributed by atoms with Gasteiger partial charge in [-0.1, -0.05) is 0 Å². The lowest BCUT2D eigenvalue weighted by Gasteiger charge is -2.21. The lowest BCUT2D eigenvalue weighted by Crippen LogP contribution is -2.38. The zero-order chi connectivity index (χ0) is 14.5. The van der Waals surface area contributed by atoms with Crippen LogP contribution in [-0.2, 0) is 4.79 Å². The maximum atomic E-state index is 11.9. The van der Waals surface area contributed by atoms with Crippen LogP contribution in [0.1, 0.15) is 12.8 Å². The Morgan fingerprint density at radius 3 is 2.75 bits per heavy atom. The van der Waals surface area contributed by atoms with Crippen molar-refractivity contribution in [1.29, 1.82) is 0 Å². The van der Waals surface area contributed by atoms with Crippen LogP contribution in [0, 0.1) is 10.1 Å². The molecule has 1 aromatic carbocycles. The van der Waals surface area contributed by atoms with Crippen LogP contribution in [0.5, 0.6) is 0 Å². The van der Waals surface area contributed by atoms with E-state index in [1.807, 2.05) is 4.90 Å². The standard InChI is InChI=1S/C13H17N3O4/c17-9-12-2-1-7-15(12)8-13(18)14-10-3-5-11(6-4-10)16(19)20/h3-6,12,17H,1-2,7-9H2,(H,14,18)/t12-/m0/s1. The summed E-state index contributed by atoms with van der Waals surface area (Å²) in [4.78, 5) is 23.9. The number of non-ortho nitro benzene ring substituents is 1. The largest absolute Gasteiger partial charge is 0.395 e. The molecular weight excluding hydrogens is 262 g/mol. The third-order valence-electron chi connectivity index (χ3n) is 3.42. The molecule has 1 saturated heterocycles. The van der Waals surface area contributed by atoms with E-state index < -0.39 is 4.92 Å². The van der Waals surface area contributed by atoms with Gasteiger partial charge in [-0.25, -0.2) is 0 Å². The van der Waals surface area contributed by atoms with Gasteiger partial charge in [0.05, 0.1) is 18.1 Å². The minimum Gasteiger partial charge on any atom is -0.395 e. The molecule has 1 amide bonds. The number of aliphatic hydroxyl groups is 1. The Labute approximate surface area is 116 Å². The summed E-state index contributed by atoms with van der Waals surface area (Å²) >= 11 is 0. The summed E-state index contributed by atoms with van der Waals surface area (Å²) in [6.45, 7) is 1.09. The number of hydrogen-bond donors (Lipinski definition) is 2. The average molecular weight is 279 g/mol. The van der Waals surface area contributed by atoms with Crippen LogP contribution in [0.25, 0.3) is 0 Å². The number of carbonyl (C=O) groups is 1. The number of nitro benzene ring substituents is 1. The first-order valence-corrected chi connectivity index (χ1v) is 6.49. The molecule has 0 aromatic heterocycles. The van der Waals surface area contributed by atoms with Gasteiger partial charge in [0.2, 0.25) is 5.91 Å². The number of amides is 1. The molecule has 0 spiro atoms. The third-order valence-corrected chi connectivity index (χ3v) is 3.42. The summed E-state index contributed by atoms with van der Waals surface area (Å²) in [5.41, 5.74) is 0.517. The van der Waals surface area contributed by atoms with Crippen LogP contribution in [0.2, 0.25) is 0 Å². The highest BCUT2D eigenvalue weighted by Crippen LogP contribution is 2.18. The monoisotopic (exact) mass is 279 g/mol. The smallest absolute Gasteiger partial charge is 0.269 e. The molecule has 0 aliphatic carbocycles. The van der Waals surface area contributed by atoms with Crippen molar-refractivity contribution < 1.29 is 14.8 Å². The van der Waals surface area contributed by atoms with Crippen molar-refractivity contribution in [2.75, 3.05) is 25.0 Å². The van der Waals surface area contributed by atoms with E-state index in [-0.39, 0.29) is 30.8 Å². The van der Waals surface area contributed by atoms with Gasteiger partial charge in [-0.2, -0.15) is 0 Å². The lowest BCUT2D eigenvalue weighted by atomic mass is 10.2. The van der Waals surface area contributed by atoms with Crippen LogP contribution in [0.15, 0.2) is 24.3 Å². The van der Waals surface area contributed by atoms with Crippen LogP contribution in [0.3, 0.4) is 0 Å². The molecule has 7 nitrogen and oxygen atoms in total. The molecule has 20 heavy (non-hydrogen) atoms. The van der Waals surface area contributed by atoms with Crippen LogP contribution in [0.4, 0.5) is 11.4 Å². The van der Waals surface area contributed by atoms with Crippen molar-refractivity contribution in [3.05, 3.63) is 34.4 Å². The summed E-state index contributed by atoms with van der Waals surface area (Å²) < 4.78 is 0. The van der Waals surface area contributed by atoms with Crippen molar-refractivity contribution in [2.24, 2.45) is 0 Å². The van der Waals surface area contributed by atoms with E-state index in [0.29, 0.717) is 5.69 Å². The highest BCUT2D eigenvalue weighted by atomic mass is 16.6. The van der Waals surface area contributed by atoms with Gasteiger partial charge in [0.15, 0.2) is 0 Å². The van der Waals surface area contributed by atoms with Crippen molar-refractivity contribution in [1.82, 2.24) is 4.90 Å². The summed E-state index contributed by atoms with van der Waals surface area (Å²) in [6.07, 6.45) is 1.89. The highest BCUT2D eigenvalue weighted by molar-refractivity contribution is 5.92. The predicted octanol–water partition coefficient (Wildman–Crippen LogP) is 0.990. The molecule has 1 fully saturated rings. The molecule has 1 atom stereocenters. The number of carbonyl (C=O) groups excluding carboxylic acids is 1. The number of likely N-dealkylation sites (tertiary alicyclic amines) is 1. The third kappa shape index (κ3) is 3.52. The first kappa shape index (κ1) is 14.4. The van der Waals surface area contributed by atoms with E-state index in [1.54, 1.807) is 0 Å². The van der Waals surface area contributed by atoms with Gasteiger partial charge in [0, 0.05) is 23.9 Å². The molecule has 0 unspecified atom stereocenters. The molecule has 0 saturated carbocycles. The Balaban J connectivity index is 1.89. The Kier molecular flexibility index (Phi) is 4.65. The second kappa shape index (κ2) is 6.44. The molecule has 2 N–H and O–H groups in total. The second-order valence-corrected chi connectivity index (χ2v) is 4.80. The lowest BCUT2D eigenvalue weighted by molar-refractivity contribution is -0.384. The molecule has 7 heteroatoms. The van der Waals surface area contributed by atoms with E-state index in [1.165, 1.54) is 24.3 Å². The SMILES string of the molecule is O=C(CN1CCC[C@H]1CO)Nc1ccc([N+](=O)[O-])cc1. The van der Waals surface area contributed by atoms with E-state index >= 15 is 0 Å². The molecule has 1 aromatic rings. The number of nitro groups is 1. The number of nitrogens with zero attached hydrogens (tertiary/aromatic N) is 2. The molecule has 0 radical (unpaired) electrons. The Morgan fingerprint density at radius 2 is 2.15 bits per heavy atom. The van der Waals surface area contributed by atoms with Gasteiger partial charge in [-0.3, -0.25) is 19.8 Å². The molecule has 1 aliphatic heterocycles. The molecular formula is C13H17N3O4. The minimum atomic E-state index is -0.484. The zero-order valence-electron chi connectivity index (χ0n) is 11.0. The number of hydrogen-bond acceptors (Lipinski definition) is 5. The van der Waals surface area contributed by atoms with E-state index in [4.69, 9.17) is 0 Å². The van der Waals surface area contributed by atoms with Crippen molar-refractivity contribution in [3.63, 3.8) is 0 Å². The molecule has 1 aliphatic rings. The van der Waals surface area contributed by atoms with Crippen molar-refractivity contribution in [3.8, 4) is 0 Å². The van der Waals surface area contributed by atoms with Gasteiger partial charge in [-0.15, -0.1) is 0 Å². The van der Waals surface area contributed by atoms with Gasteiger partial charge in [0.1, 0.15) is 0 Å². The van der Waals surface area contributed by atoms with E-state index in [2.05, 4.69) is 5.32 Å². The van der Waals surface area contributed by atoms with Crippen molar-refractivity contribution in [2.45, 2.75) is 18.9 Å². The number of nitrogens with one attached hydrogen (secondary N) is 1. The van der Waals surface area contributed by atoms with Gasteiger partial charge in [0.25, 0.3) is 5.69 Å². The summed E-state index contributed by atoms with van der Waals surface area (Å²) in [5.74, 6) is -0.181. The maximum Gasteiger partial charge on any atom is 0.269 e. The minimum absolute atomic E-state index is 0.0112. The summed E-state index contributed by atoms with van der Waals surface area (Å²) in [6, 6.07) is 5.76. The normalized spacial score (nSPS) is 18.9. The molecule has 108 valence electrons. The fourth-order valence-corrected chi connectivity index (χ4v) is 2.36. The highest BCUT2D eigenvalue weighted by Gasteiger charge is 2.25. The molecule has 0 bridgehead atoms. The summed E-state index contributed by atoms with van der Waals surface area (Å²) in [7, 11) is 0. The fourth-order valence-electron chi connectivity index (χ4n) is 2.36. The number of benzene rings is 1. The first-order valence-electron chi connectivity index (χ1n) is 6.49. The van der Waals surface area contributed by atoms with Crippen LogP contribution < -0.4 is 5.32 Å². The number of aliphatic hydroxyl groups excluding tert-OH is 1. The first-order chi connectivity index (χ1) is 9.60. The van der Waals surface area contributed by atoms with Gasteiger partial charge in [-0.05, 0) is 31.5 Å². The maximum absolute atomic E-state index is 11.9. The van der Waals surface area contributed by atoms with E-state index in [9.17, 15) is 20.0 Å². The van der Waals surface area contributed by atoms with Crippen LogP contribution in [-0.4, -0.2) is 46.6 Å². The number of rotatable bonds is 5. The van der Waals surface area contributed by atoms with Gasteiger partial charge >= 0.3 is 0 Å². The Bertz CT molecular complexity index is 489. The zero-order valence-corrected chi connectivity index (χ0v) is 11.0. The van der Waals surface area contributed by atoms with Gasteiger partial charge < -0.3 is 10.4 Å². The van der Waals surface area contributed by atoms with E-state index in [0.717, 1.165) is 19.4 Å². The molecule has 2 rings (SSSR count). The van der Waals surface area contributed by atoms with Crippen LogP contribution >= 0.6 is 0 Å². The topological polar surface area (TPSA) is 95.7 Å². The number of anilines is 1. The second-order valence-electron chi connectivity index (χ2n) is 4.80.